The van der Waals surface area contributed by atoms with Gasteiger partial charge in [-0.1, -0.05) is 30.3 Å². The zero-order valence-corrected chi connectivity index (χ0v) is 7.36. The highest BCUT2D eigenvalue weighted by Crippen LogP contribution is 2.22. The molecule has 0 aliphatic heterocycles. The SMILES string of the molecule is CC(ON)(C(N)=O)c1ccccc1. The molecule has 1 aromatic carbocycles. The number of carbonyl (C=O) groups excluding carboxylic acids is 1. The Hall–Kier alpha value is -1.39. The first kappa shape index (κ1) is 9.70. The summed E-state index contributed by atoms with van der Waals surface area (Å²) in [4.78, 5) is 15.7. The summed E-state index contributed by atoms with van der Waals surface area (Å²) in [5, 5.41) is 0. The Morgan fingerprint density at radius 1 is 1.38 bits per heavy atom. The third-order valence-electron chi connectivity index (χ3n) is 2.03. The molecule has 1 unspecified atom stereocenters. The van der Waals surface area contributed by atoms with Crippen molar-refractivity contribution < 1.29 is 9.63 Å². The maximum atomic E-state index is 11.1. The topological polar surface area (TPSA) is 78.3 Å². The molecule has 0 spiro atoms. The van der Waals surface area contributed by atoms with E-state index in [4.69, 9.17) is 11.6 Å². The van der Waals surface area contributed by atoms with Gasteiger partial charge in [-0.25, -0.2) is 5.90 Å². The summed E-state index contributed by atoms with van der Waals surface area (Å²) in [7, 11) is 0. The van der Waals surface area contributed by atoms with Crippen LogP contribution in [0.25, 0.3) is 0 Å². The van der Waals surface area contributed by atoms with Crippen LogP contribution in [0.15, 0.2) is 30.3 Å². The number of amides is 1. The molecule has 13 heavy (non-hydrogen) atoms. The second-order valence-electron chi connectivity index (χ2n) is 2.88. The van der Waals surface area contributed by atoms with Crippen LogP contribution in [0.1, 0.15) is 12.5 Å². The maximum Gasteiger partial charge on any atom is 0.256 e. The number of nitrogens with two attached hydrogens (primary N) is 2. The molecule has 0 saturated carbocycles. The molecule has 0 saturated heterocycles. The van der Waals surface area contributed by atoms with Gasteiger partial charge in [-0.2, -0.15) is 0 Å². The summed E-state index contributed by atoms with van der Waals surface area (Å²) < 4.78 is 0. The molecular weight excluding hydrogens is 168 g/mol. The first-order chi connectivity index (χ1) is 6.11. The van der Waals surface area contributed by atoms with Crippen molar-refractivity contribution >= 4 is 5.91 Å². The van der Waals surface area contributed by atoms with E-state index in [2.05, 4.69) is 4.84 Å². The molecule has 1 rings (SSSR count). The molecule has 4 N–H and O–H groups in total. The summed E-state index contributed by atoms with van der Waals surface area (Å²) in [6, 6.07) is 8.88. The Kier molecular flexibility index (Phi) is 2.65. The Morgan fingerprint density at radius 2 is 1.92 bits per heavy atom. The van der Waals surface area contributed by atoms with Crippen molar-refractivity contribution in [2.45, 2.75) is 12.5 Å². The lowest BCUT2D eigenvalue weighted by Gasteiger charge is -2.23. The van der Waals surface area contributed by atoms with Gasteiger partial charge >= 0.3 is 0 Å². The largest absolute Gasteiger partial charge is 0.367 e. The van der Waals surface area contributed by atoms with Gasteiger partial charge in [0.1, 0.15) is 0 Å². The number of carbonyl (C=O) groups is 1. The van der Waals surface area contributed by atoms with E-state index in [1.54, 1.807) is 24.3 Å². The fourth-order valence-electron chi connectivity index (χ4n) is 1.02. The monoisotopic (exact) mass is 180 g/mol. The third kappa shape index (κ3) is 1.68. The van der Waals surface area contributed by atoms with Gasteiger partial charge in [-0.15, -0.1) is 0 Å². The zero-order chi connectivity index (χ0) is 9.90. The van der Waals surface area contributed by atoms with Gasteiger partial charge in [0.15, 0.2) is 5.60 Å². The minimum absolute atomic E-state index is 0.610. The summed E-state index contributed by atoms with van der Waals surface area (Å²) in [6.07, 6.45) is 0. The smallest absolute Gasteiger partial charge is 0.256 e. The summed E-state index contributed by atoms with van der Waals surface area (Å²) in [5.74, 6) is 4.43. The molecule has 0 aliphatic rings. The van der Waals surface area contributed by atoms with E-state index in [9.17, 15) is 4.79 Å². The van der Waals surface area contributed by atoms with E-state index in [0.717, 1.165) is 0 Å². The number of hydrogen-bond donors (Lipinski definition) is 2. The summed E-state index contributed by atoms with van der Waals surface area (Å²) >= 11 is 0. The van der Waals surface area contributed by atoms with Crippen LogP contribution in [0.5, 0.6) is 0 Å². The molecule has 0 fully saturated rings. The fourth-order valence-corrected chi connectivity index (χ4v) is 1.02. The van der Waals surface area contributed by atoms with Crippen LogP contribution >= 0.6 is 0 Å². The van der Waals surface area contributed by atoms with Crippen LogP contribution in [0.2, 0.25) is 0 Å². The highest BCUT2D eigenvalue weighted by molar-refractivity contribution is 5.84. The average Bonchev–Trinajstić information content (AvgIpc) is 2.17. The predicted molar refractivity (Wildman–Crippen MR) is 48.3 cm³/mol. The van der Waals surface area contributed by atoms with Crippen molar-refractivity contribution in [1.82, 2.24) is 0 Å². The lowest BCUT2D eigenvalue weighted by molar-refractivity contribution is -0.143. The predicted octanol–water partition coefficient (Wildman–Crippen LogP) is 0.277. The molecule has 0 bridgehead atoms. The normalized spacial score (nSPS) is 14.9. The van der Waals surface area contributed by atoms with Gasteiger partial charge in [0, 0.05) is 0 Å². The molecule has 1 aromatic rings. The van der Waals surface area contributed by atoms with Crippen LogP contribution in [-0.2, 0) is 15.2 Å². The van der Waals surface area contributed by atoms with Gasteiger partial charge in [0.2, 0.25) is 0 Å². The molecular formula is C9H12N2O2. The van der Waals surface area contributed by atoms with Crippen molar-refractivity contribution in [3.05, 3.63) is 35.9 Å². The Labute approximate surface area is 76.4 Å². The third-order valence-corrected chi connectivity index (χ3v) is 2.03. The molecule has 0 radical (unpaired) electrons. The van der Waals surface area contributed by atoms with Crippen LogP contribution in [-0.4, -0.2) is 5.91 Å². The van der Waals surface area contributed by atoms with Crippen LogP contribution in [0.4, 0.5) is 0 Å². The lowest BCUT2D eigenvalue weighted by Crippen LogP contribution is -2.42. The van der Waals surface area contributed by atoms with E-state index >= 15 is 0 Å². The van der Waals surface area contributed by atoms with E-state index in [0.29, 0.717) is 5.56 Å². The van der Waals surface area contributed by atoms with Gasteiger partial charge in [-0.3, -0.25) is 9.63 Å². The fraction of sp³-hybridized carbons (Fsp3) is 0.222. The number of rotatable bonds is 3. The Morgan fingerprint density at radius 3 is 2.31 bits per heavy atom. The van der Waals surface area contributed by atoms with E-state index < -0.39 is 11.5 Å². The standard InChI is InChI=1S/C9H12N2O2/c1-9(13-11,8(10)12)7-5-3-2-4-6-7/h2-6H,11H2,1H3,(H2,10,12). The second kappa shape index (κ2) is 3.55. The molecule has 0 aromatic heterocycles. The lowest BCUT2D eigenvalue weighted by atomic mass is 9.95. The Balaban J connectivity index is 3.11. The van der Waals surface area contributed by atoms with Crippen molar-refractivity contribution in [3.63, 3.8) is 0 Å². The molecule has 4 heteroatoms. The van der Waals surface area contributed by atoms with Crippen LogP contribution < -0.4 is 11.6 Å². The minimum Gasteiger partial charge on any atom is -0.367 e. The highest BCUT2D eigenvalue weighted by atomic mass is 16.6. The van der Waals surface area contributed by atoms with Crippen molar-refractivity contribution in [1.29, 1.82) is 0 Å². The second-order valence-corrected chi connectivity index (χ2v) is 2.88. The molecule has 0 heterocycles. The van der Waals surface area contributed by atoms with Gasteiger partial charge in [0.05, 0.1) is 0 Å². The average molecular weight is 180 g/mol. The summed E-state index contributed by atoms with van der Waals surface area (Å²) in [5.41, 5.74) is 4.56. The molecule has 1 atom stereocenters. The van der Waals surface area contributed by atoms with Crippen molar-refractivity contribution in [2.75, 3.05) is 0 Å². The number of benzene rings is 1. The molecule has 0 aliphatic carbocycles. The number of hydrogen-bond acceptors (Lipinski definition) is 3. The van der Waals surface area contributed by atoms with Gasteiger partial charge < -0.3 is 5.73 Å². The van der Waals surface area contributed by atoms with E-state index in [1.807, 2.05) is 6.07 Å². The zero-order valence-electron chi connectivity index (χ0n) is 7.36. The van der Waals surface area contributed by atoms with Gasteiger partial charge in [-0.05, 0) is 12.5 Å². The quantitative estimate of drug-likeness (QED) is 0.655. The number of primary amides is 1. The first-order valence-corrected chi connectivity index (χ1v) is 3.84. The molecule has 4 nitrogen and oxygen atoms in total. The van der Waals surface area contributed by atoms with Crippen LogP contribution in [0, 0.1) is 0 Å². The van der Waals surface area contributed by atoms with Crippen LogP contribution in [0.3, 0.4) is 0 Å². The van der Waals surface area contributed by atoms with Crippen molar-refractivity contribution in [2.24, 2.45) is 11.6 Å². The highest BCUT2D eigenvalue weighted by Gasteiger charge is 2.33. The molecule has 70 valence electrons. The first-order valence-electron chi connectivity index (χ1n) is 3.84. The molecule has 1 amide bonds. The minimum atomic E-state index is -1.25. The van der Waals surface area contributed by atoms with E-state index in [1.165, 1.54) is 6.92 Å². The Bertz CT molecular complexity index is 300. The van der Waals surface area contributed by atoms with Crippen molar-refractivity contribution in [3.8, 4) is 0 Å². The van der Waals surface area contributed by atoms with Gasteiger partial charge in [0.25, 0.3) is 5.91 Å². The summed E-state index contributed by atoms with van der Waals surface area (Å²) in [6.45, 7) is 1.53. The maximum absolute atomic E-state index is 11.1. The van der Waals surface area contributed by atoms with E-state index in [-0.39, 0.29) is 0 Å².